The zero-order chi connectivity index (χ0) is 15.4. The van der Waals surface area contributed by atoms with Crippen molar-refractivity contribution < 1.29 is 14.7 Å². The Hall–Kier alpha value is -1.06. The summed E-state index contributed by atoms with van der Waals surface area (Å²) in [6, 6.07) is 0.0842. The van der Waals surface area contributed by atoms with E-state index in [0.29, 0.717) is 6.54 Å². The van der Waals surface area contributed by atoms with Crippen LogP contribution in [0.4, 0.5) is 0 Å². The summed E-state index contributed by atoms with van der Waals surface area (Å²) in [6.07, 6.45) is 8.56. The minimum Gasteiger partial charge on any atom is -0.481 e. The van der Waals surface area contributed by atoms with E-state index >= 15 is 0 Å². The number of aliphatic carboxylic acids is 1. The molecule has 4 heteroatoms. The van der Waals surface area contributed by atoms with Crippen LogP contribution in [0.5, 0.6) is 0 Å². The molecule has 0 aliphatic heterocycles. The molecule has 0 heterocycles. The molecule has 2 aliphatic rings. The molecule has 3 unspecified atom stereocenters. The monoisotopic (exact) mass is 295 g/mol. The van der Waals surface area contributed by atoms with E-state index in [-0.39, 0.29) is 24.3 Å². The van der Waals surface area contributed by atoms with Crippen molar-refractivity contribution in [2.24, 2.45) is 17.8 Å². The number of amides is 1. The molecule has 3 atom stereocenters. The lowest BCUT2D eigenvalue weighted by Crippen LogP contribution is -2.44. The molecule has 2 rings (SSSR count). The topological polar surface area (TPSA) is 57.6 Å². The third-order valence-electron chi connectivity index (χ3n) is 5.36. The molecule has 0 saturated heterocycles. The van der Waals surface area contributed by atoms with E-state index in [9.17, 15) is 9.59 Å². The third-order valence-corrected chi connectivity index (χ3v) is 5.36. The molecule has 0 aromatic heterocycles. The summed E-state index contributed by atoms with van der Waals surface area (Å²) in [4.78, 5) is 25.3. The van der Waals surface area contributed by atoms with Crippen LogP contribution in [0.15, 0.2) is 0 Å². The highest BCUT2D eigenvalue weighted by Crippen LogP contribution is 2.43. The molecular formula is C17H29NO3. The van der Waals surface area contributed by atoms with E-state index in [2.05, 4.69) is 0 Å². The van der Waals surface area contributed by atoms with Crippen LogP contribution in [0.25, 0.3) is 0 Å². The molecule has 1 amide bonds. The third kappa shape index (κ3) is 4.21. The Morgan fingerprint density at radius 2 is 1.76 bits per heavy atom. The SMILES string of the molecule is CC(C)N(CCC(=O)O)C(=O)C1CCC2CCCCC2C1. The van der Waals surface area contributed by atoms with E-state index in [1.165, 1.54) is 32.1 Å². The van der Waals surface area contributed by atoms with Gasteiger partial charge in [-0.15, -0.1) is 0 Å². The van der Waals surface area contributed by atoms with Crippen molar-refractivity contribution in [3.05, 3.63) is 0 Å². The maximum atomic E-state index is 12.8. The first-order valence-corrected chi connectivity index (χ1v) is 8.51. The zero-order valence-corrected chi connectivity index (χ0v) is 13.4. The first-order chi connectivity index (χ1) is 9.99. The van der Waals surface area contributed by atoms with Gasteiger partial charge in [0.25, 0.3) is 0 Å². The molecule has 0 aromatic rings. The second kappa shape index (κ2) is 7.28. The lowest BCUT2D eigenvalue weighted by molar-refractivity contribution is -0.142. The second-order valence-corrected chi connectivity index (χ2v) is 7.08. The Kier molecular flexibility index (Phi) is 5.65. The van der Waals surface area contributed by atoms with E-state index in [0.717, 1.165) is 24.7 Å². The summed E-state index contributed by atoms with van der Waals surface area (Å²) in [6.45, 7) is 4.30. The van der Waals surface area contributed by atoms with Crippen molar-refractivity contribution in [1.82, 2.24) is 4.90 Å². The van der Waals surface area contributed by atoms with Gasteiger partial charge in [0.2, 0.25) is 5.91 Å². The van der Waals surface area contributed by atoms with Crippen molar-refractivity contribution >= 4 is 11.9 Å². The fourth-order valence-corrected chi connectivity index (χ4v) is 4.17. The highest BCUT2D eigenvalue weighted by molar-refractivity contribution is 5.80. The molecule has 21 heavy (non-hydrogen) atoms. The number of fused-ring (bicyclic) bond motifs is 1. The Morgan fingerprint density at radius 1 is 1.10 bits per heavy atom. The molecule has 0 bridgehead atoms. The summed E-state index contributed by atoms with van der Waals surface area (Å²) in [5, 5.41) is 8.85. The van der Waals surface area contributed by atoms with Gasteiger partial charge in [-0.2, -0.15) is 0 Å². The normalized spacial score (nSPS) is 29.0. The summed E-state index contributed by atoms with van der Waals surface area (Å²) in [5.41, 5.74) is 0. The van der Waals surface area contributed by atoms with Gasteiger partial charge in [-0.3, -0.25) is 9.59 Å². The summed E-state index contributed by atoms with van der Waals surface area (Å²) < 4.78 is 0. The molecule has 2 saturated carbocycles. The molecule has 4 nitrogen and oxygen atoms in total. The molecule has 0 aromatic carbocycles. The fraction of sp³-hybridized carbons (Fsp3) is 0.882. The van der Waals surface area contributed by atoms with Gasteiger partial charge in [0, 0.05) is 18.5 Å². The zero-order valence-electron chi connectivity index (χ0n) is 13.4. The van der Waals surface area contributed by atoms with Crippen LogP contribution in [0.1, 0.15) is 65.2 Å². The molecule has 0 spiro atoms. The number of carboxylic acid groups (broad SMARTS) is 1. The van der Waals surface area contributed by atoms with Gasteiger partial charge in [-0.25, -0.2) is 0 Å². The number of carbonyl (C=O) groups excluding carboxylic acids is 1. The highest BCUT2D eigenvalue weighted by Gasteiger charge is 2.36. The lowest BCUT2D eigenvalue weighted by Gasteiger charge is -2.40. The minimum absolute atomic E-state index is 0.0443. The molecule has 120 valence electrons. The van der Waals surface area contributed by atoms with Gasteiger partial charge < -0.3 is 10.0 Å². The highest BCUT2D eigenvalue weighted by atomic mass is 16.4. The first-order valence-electron chi connectivity index (χ1n) is 8.51. The lowest BCUT2D eigenvalue weighted by atomic mass is 9.67. The number of carboxylic acids is 1. The van der Waals surface area contributed by atoms with Crippen LogP contribution in [0, 0.1) is 17.8 Å². The van der Waals surface area contributed by atoms with Crippen LogP contribution >= 0.6 is 0 Å². The first kappa shape index (κ1) is 16.3. The van der Waals surface area contributed by atoms with Gasteiger partial charge in [0.05, 0.1) is 6.42 Å². The Bertz CT molecular complexity index is 380. The number of hydrogen-bond acceptors (Lipinski definition) is 2. The van der Waals surface area contributed by atoms with E-state index in [1.807, 2.05) is 13.8 Å². The van der Waals surface area contributed by atoms with Crippen LogP contribution in [0.3, 0.4) is 0 Å². The Balaban J connectivity index is 1.95. The van der Waals surface area contributed by atoms with Crippen molar-refractivity contribution in [2.45, 2.75) is 71.3 Å². The second-order valence-electron chi connectivity index (χ2n) is 7.08. The van der Waals surface area contributed by atoms with Crippen molar-refractivity contribution in [2.75, 3.05) is 6.54 Å². The number of nitrogens with zero attached hydrogens (tertiary/aromatic N) is 1. The Morgan fingerprint density at radius 3 is 2.38 bits per heavy atom. The van der Waals surface area contributed by atoms with Gasteiger partial charge in [-0.05, 0) is 44.9 Å². The van der Waals surface area contributed by atoms with Gasteiger partial charge in [-0.1, -0.05) is 25.7 Å². The van der Waals surface area contributed by atoms with Gasteiger partial charge >= 0.3 is 5.97 Å². The molecule has 2 fully saturated rings. The number of rotatable bonds is 5. The van der Waals surface area contributed by atoms with E-state index < -0.39 is 5.97 Å². The summed E-state index contributed by atoms with van der Waals surface area (Å²) in [5.74, 6) is 1.06. The van der Waals surface area contributed by atoms with Crippen molar-refractivity contribution in [3.63, 3.8) is 0 Å². The van der Waals surface area contributed by atoms with E-state index in [4.69, 9.17) is 5.11 Å². The van der Waals surface area contributed by atoms with Crippen LogP contribution in [0.2, 0.25) is 0 Å². The van der Waals surface area contributed by atoms with Gasteiger partial charge in [0.1, 0.15) is 0 Å². The standard InChI is InChI=1S/C17H29NO3/c1-12(2)18(10-9-16(19)20)17(21)15-8-7-13-5-3-4-6-14(13)11-15/h12-15H,3-11H2,1-2H3,(H,19,20). The smallest absolute Gasteiger partial charge is 0.305 e. The van der Waals surface area contributed by atoms with Gasteiger partial charge in [0.15, 0.2) is 0 Å². The molecule has 1 N–H and O–H groups in total. The molecule has 2 aliphatic carbocycles. The maximum Gasteiger partial charge on any atom is 0.305 e. The van der Waals surface area contributed by atoms with Crippen LogP contribution < -0.4 is 0 Å². The van der Waals surface area contributed by atoms with Crippen molar-refractivity contribution in [1.29, 1.82) is 0 Å². The minimum atomic E-state index is -0.829. The Labute approximate surface area is 127 Å². The number of carbonyl (C=O) groups is 2. The molecule has 0 radical (unpaired) electrons. The quantitative estimate of drug-likeness (QED) is 0.846. The average molecular weight is 295 g/mol. The maximum absolute atomic E-state index is 12.8. The predicted molar refractivity (Wildman–Crippen MR) is 81.9 cm³/mol. The van der Waals surface area contributed by atoms with Crippen LogP contribution in [-0.4, -0.2) is 34.5 Å². The van der Waals surface area contributed by atoms with Crippen LogP contribution in [-0.2, 0) is 9.59 Å². The average Bonchev–Trinajstić information content (AvgIpc) is 2.46. The van der Waals surface area contributed by atoms with Crippen molar-refractivity contribution in [3.8, 4) is 0 Å². The summed E-state index contributed by atoms with van der Waals surface area (Å²) in [7, 11) is 0. The summed E-state index contributed by atoms with van der Waals surface area (Å²) >= 11 is 0. The molecular weight excluding hydrogens is 266 g/mol. The largest absolute Gasteiger partial charge is 0.481 e. The van der Waals surface area contributed by atoms with E-state index in [1.54, 1.807) is 4.90 Å². The fourth-order valence-electron chi connectivity index (χ4n) is 4.17. The number of hydrogen-bond donors (Lipinski definition) is 1. The predicted octanol–water partition coefficient (Wildman–Crippen LogP) is 3.30.